The first-order chi connectivity index (χ1) is 16.9. The second-order valence-corrected chi connectivity index (χ2v) is 9.81. The minimum atomic E-state index is -2.11. The summed E-state index contributed by atoms with van der Waals surface area (Å²) >= 11 is 6.17. The van der Waals surface area contributed by atoms with Crippen LogP contribution in [0, 0.1) is 0 Å². The van der Waals surface area contributed by atoms with Gasteiger partial charge >= 0.3 is 0 Å². The molecule has 1 aliphatic carbocycles. The Labute approximate surface area is 207 Å². The van der Waals surface area contributed by atoms with Crippen LogP contribution in [0.1, 0.15) is 62.0 Å². The summed E-state index contributed by atoms with van der Waals surface area (Å²) in [4.78, 5) is 33.8. The third-order valence-corrected chi connectivity index (χ3v) is 7.56. The van der Waals surface area contributed by atoms with E-state index < -0.39 is 23.0 Å². The Morgan fingerprint density at radius 1 is 1.14 bits per heavy atom. The van der Waals surface area contributed by atoms with Crippen molar-refractivity contribution in [2.75, 3.05) is 11.4 Å². The first-order valence-corrected chi connectivity index (χ1v) is 12.5. The molecule has 6 rings (SSSR count). The van der Waals surface area contributed by atoms with Crippen LogP contribution in [0.5, 0.6) is 0 Å². The lowest BCUT2D eigenvalue weighted by Gasteiger charge is -2.28. The van der Waals surface area contributed by atoms with Gasteiger partial charge in [-0.3, -0.25) is 9.59 Å². The van der Waals surface area contributed by atoms with Crippen LogP contribution in [0.2, 0.25) is 5.02 Å². The number of likely N-dealkylation sites (N-methyl/N-ethyl adjacent to an activating group) is 1. The fourth-order valence-electron chi connectivity index (χ4n) is 5.59. The molecule has 1 N–H and O–H groups in total. The normalized spacial score (nSPS) is 25.2. The van der Waals surface area contributed by atoms with Crippen LogP contribution in [-0.4, -0.2) is 29.5 Å². The van der Waals surface area contributed by atoms with Crippen LogP contribution in [-0.2, 0) is 15.1 Å². The van der Waals surface area contributed by atoms with Gasteiger partial charge in [0.1, 0.15) is 5.58 Å². The monoisotopic (exact) mass is 492 g/mol. The Balaban J connectivity index is 1.59. The molecule has 1 saturated carbocycles. The molecule has 0 unspecified atom stereocenters. The van der Waals surface area contributed by atoms with Crippen LogP contribution in [0.4, 0.5) is 5.69 Å². The largest absolute Gasteiger partial charge is 0.463 e. The molecule has 7 nitrogen and oxygen atoms in total. The van der Waals surface area contributed by atoms with E-state index in [9.17, 15) is 14.7 Å². The summed E-state index contributed by atoms with van der Waals surface area (Å²) in [5, 5.41) is 12.7. The number of amides is 1. The summed E-state index contributed by atoms with van der Waals surface area (Å²) in [5.41, 5.74) is -1.06. The van der Waals surface area contributed by atoms with Gasteiger partial charge in [0.2, 0.25) is 11.0 Å². The maximum absolute atomic E-state index is 13.8. The van der Waals surface area contributed by atoms with Crippen LogP contribution >= 0.6 is 11.6 Å². The predicted octanol–water partition coefficient (Wildman–Crippen LogP) is 4.85. The molecule has 2 aromatic carbocycles. The zero-order valence-corrected chi connectivity index (χ0v) is 20.0. The summed E-state index contributed by atoms with van der Waals surface area (Å²) in [7, 11) is 0. The highest BCUT2D eigenvalue weighted by Gasteiger charge is 2.60. The van der Waals surface area contributed by atoms with E-state index in [4.69, 9.17) is 25.7 Å². The molecule has 2 atom stereocenters. The van der Waals surface area contributed by atoms with Crippen LogP contribution in [0.15, 0.2) is 56.7 Å². The lowest BCUT2D eigenvalue weighted by molar-refractivity contribution is -0.148. The van der Waals surface area contributed by atoms with Crippen LogP contribution < -0.4 is 10.3 Å². The number of hydrogen-bond acceptors (Lipinski definition) is 6. The smallest absolute Gasteiger partial charge is 0.268 e. The Morgan fingerprint density at radius 2 is 1.91 bits per heavy atom. The molecule has 1 amide bonds. The molecule has 0 bridgehead atoms. The molecule has 2 aliphatic heterocycles. The lowest BCUT2D eigenvalue weighted by atomic mass is 9.85. The number of para-hydroxylation sites is 1. The summed E-state index contributed by atoms with van der Waals surface area (Å²) in [6.45, 7) is 2.20. The van der Waals surface area contributed by atoms with Gasteiger partial charge in [-0.25, -0.2) is 4.99 Å². The van der Waals surface area contributed by atoms with Gasteiger partial charge in [0, 0.05) is 17.1 Å². The van der Waals surface area contributed by atoms with E-state index in [1.165, 1.54) is 17.4 Å². The van der Waals surface area contributed by atoms with E-state index in [1.54, 1.807) is 30.3 Å². The predicted molar refractivity (Wildman–Crippen MR) is 133 cm³/mol. The summed E-state index contributed by atoms with van der Waals surface area (Å²) < 4.78 is 12.4. The highest BCUT2D eigenvalue weighted by atomic mass is 35.5. The number of anilines is 1. The van der Waals surface area contributed by atoms with Crippen molar-refractivity contribution in [3.63, 3.8) is 0 Å². The first-order valence-electron chi connectivity index (χ1n) is 12.1. The molecule has 1 fully saturated rings. The quantitative estimate of drug-likeness (QED) is 0.564. The van der Waals surface area contributed by atoms with Gasteiger partial charge < -0.3 is 19.2 Å². The summed E-state index contributed by atoms with van der Waals surface area (Å²) in [6.07, 6.45) is 3.83. The fraction of sp³-hybridized carbons (Fsp3) is 0.370. The number of hydrogen-bond donors (Lipinski definition) is 1. The number of aliphatic imine (C=N–C) groups is 1. The lowest BCUT2D eigenvalue weighted by Crippen LogP contribution is -2.45. The zero-order chi connectivity index (χ0) is 24.3. The third-order valence-electron chi connectivity index (χ3n) is 7.32. The van der Waals surface area contributed by atoms with Gasteiger partial charge in [-0.15, -0.1) is 0 Å². The van der Waals surface area contributed by atoms with E-state index >= 15 is 0 Å². The Kier molecular flexibility index (Phi) is 5.23. The standard InChI is InChI=1S/C27H25ClN2O5/c1-2-30-19-11-7-6-10-18(19)27(33,26(30)32)24-21-22(31)17-14-15(28)12-13-20(17)34-23(21)25(35-24)29-16-8-4-3-5-9-16/h6-7,10-14,16,24,33H,2-5,8-9H2,1H3/t24-,27-/m1/s1. The van der Waals surface area contributed by atoms with Gasteiger partial charge in [0.25, 0.3) is 11.8 Å². The molecular formula is C27H25ClN2O5. The van der Waals surface area contributed by atoms with Crippen LogP contribution in [0.3, 0.4) is 0 Å². The molecule has 0 saturated heterocycles. The molecule has 0 spiro atoms. The van der Waals surface area contributed by atoms with E-state index in [2.05, 4.69) is 0 Å². The molecule has 0 radical (unpaired) electrons. The minimum Gasteiger partial charge on any atom is -0.463 e. The number of fused-ring (bicyclic) bond motifs is 3. The average Bonchev–Trinajstić information content (AvgIpc) is 3.34. The van der Waals surface area contributed by atoms with Crippen molar-refractivity contribution in [2.45, 2.75) is 56.8 Å². The third kappa shape index (κ3) is 3.25. The van der Waals surface area contributed by atoms with E-state index in [0.29, 0.717) is 28.4 Å². The molecule has 3 heterocycles. The van der Waals surface area contributed by atoms with E-state index in [0.717, 1.165) is 25.7 Å². The molecule has 180 valence electrons. The van der Waals surface area contributed by atoms with Crippen molar-refractivity contribution < 1.29 is 19.1 Å². The fourth-order valence-corrected chi connectivity index (χ4v) is 5.76. The maximum Gasteiger partial charge on any atom is 0.268 e. The number of carbonyl (C=O) groups excluding carboxylic acids is 1. The SMILES string of the molecule is CCN1C(=O)[C@](O)([C@@H]2OC(=NC3CCCCC3)c3oc4ccc(Cl)cc4c(=O)c32)c2ccccc21. The Bertz CT molecular complexity index is 1440. The number of nitrogens with zero attached hydrogens (tertiary/aromatic N) is 2. The molecule has 3 aliphatic rings. The highest BCUT2D eigenvalue weighted by molar-refractivity contribution is 6.31. The minimum absolute atomic E-state index is 0.0323. The summed E-state index contributed by atoms with van der Waals surface area (Å²) in [5.74, 6) is -0.199. The zero-order valence-electron chi connectivity index (χ0n) is 19.3. The number of benzene rings is 2. The second kappa shape index (κ2) is 8.21. The summed E-state index contributed by atoms with van der Waals surface area (Å²) in [6, 6.07) is 11.9. The van der Waals surface area contributed by atoms with Crippen LogP contribution in [0.25, 0.3) is 11.0 Å². The molecule has 8 heteroatoms. The number of aliphatic hydroxyl groups is 1. The Morgan fingerprint density at radius 3 is 2.69 bits per heavy atom. The topological polar surface area (TPSA) is 92.3 Å². The molecular weight excluding hydrogens is 468 g/mol. The molecule has 1 aromatic heterocycles. The number of halogens is 1. The number of rotatable bonds is 3. The van der Waals surface area contributed by atoms with Crippen molar-refractivity contribution in [1.82, 2.24) is 0 Å². The van der Waals surface area contributed by atoms with Gasteiger partial charge in [0.15, 0.2) is 11.9 Å². The van der Waals surface area contributed by atoms with Crippen molar-refractivity contribution in [1.29, 1.82) is 0 Å². The van der Waals surface area contributed by atoms with Crippen molar-refractivity contribution in [3.8, 4) is 0 Å². The maximum atomic E-state index is 13.8. The van der Waals surface area contributed by atoms with E-state index in [1.807, 2.05) is 13.0 Å². The van der Waals surface area contributed by atoms with Gasteiger partial charge in [-0.05, 0) is 44.0 Å². The first kappa shape index (κ1) is 22.3. The second-order valence-electron chi connectivity index (χ2n) is 9.37. The number of carbonyl (C=O) groups is 1. The molecule has 3 aromatic rings. The molecule has 35 heavy (non-hydrogen) atoms. The Hall–Kier alpha value is -3.16. The van der Waals surface area contributed by atoms with Gasteiger partial charge in [-0.2, -0.15) is 0 Å². The van der Waals surface area contributed by atoms with Gasteiger partial charge in [-0.1, -0.05) is 49.1 Å². The van der Waals surface area contributed by atoms with E-state index in [-0.39, 0.29) is 28.6 Å². The van der Waals surface area contributed by atoms with Crippen molar-refractivity contribution >= 4 is 40.1 Å². The average molecular weight is 493 g/mol. The number of ether oxygens (including phenoxy) is 1. The highest BCUT2D eigenvalue weighted by Crippen LogP contribution is 2.51. The van der Waals surface area contributed by atoms with Crippen molar-refractivity contribution in [3.05, 3.63) is 74.6 Å². The van der Waals surface area contributed by atoms with Crippen molar-refractivity contribution in [2.24, 2.45) is 4.99 Å². The van der Waals surface area contributed by atoms with Gasteiger partial charge in [0.05, 0.1) is 22.7 Å².